The highest BCUT2D eigenvalue weighted by Gasteiger charge is 2.15. The number of carbonyl (C=O) groups is 1. The summed E-state index contributed by atoms with van der Waals surface area (Å²) < 4.78 is 47.8. The van der Waals surface area contributed by atoms with Gasteiger partial charge in [-0.1, -0.05) is 18.2 Å². The van der Waals surface area contributed by atoms with E-state index in [0.717, 1.165) is 11.1 Å². The summed E-state index contributed by atoms with van der Waals surface area (Å²) in [7, 11) is 1.77. The first-order valence-electron chi connectivity index (χ1n) is 9.22. The zero-order chi connectivity index (χ0) is 21.4. The number of ether oxygens (including phenoxy) is 2. The number of hydrogen-bond donors (Lipinski definition) is 1. The Morgan fingerprint density at radius 3 is 2.45 bits per heavy atom. The molecule has 0 fully saturated rings. The number of alkyl halides is 2. The number of amides is 1. The molecule has 0 aliphatic rings. The standard InChI is InChI=1S/C21H25F3N2O3/c1-4-28-19-11-15(5-10-18(19)29-21(23)24)12-26(3)13-20(27)25-14(2)16-6-8-17(22)9-7-16/h5-11,14,21H,4,12-13H2,1-3H3,(H,25,27). The van der Waals surface area contributed by atoms with Crippen molar-refractivity contribution in [3.8, 4) is 11.5 Å². The summed E-state index contributed by atoms with van der Waals surface area (Å²) in [6, 6.07) is 10.4. The summed E-state index contributed by atoms with van der Waals surface area (Å²) in [5.41, 5.74) is 1.59. The third kappa shape index (κ3) is 7.30. The molecule has 0 aliphatic heterocycles. The lowest BCUT2D eigenvalue weighted by Gasteiger charge is -2.20. The fraction of sp³-hybridized carbons (Fsp3) is 0.381. The van der Waals surface area contributed by atoms with E-state index in [4.69, 9.17) is 4.74 Å². The summed E-state index contributed by atoms with van der Waals surface area (Å²) in [6.45, 7) is 1.48. The summed E-state index contributed by atoms with van der Waals surface area (Å²) in [5.74, 6) is -0.317. The molecule has 0 saturated carbocycles. The van der Waals surface area contributed by atoms with Crippen LogP contribution >= 0.6 is 0 Å². The van der Waals surface area contributed by atoms with Gasteiger partial charge < -0.3 is 14.8 Å². The van der Waals surface area contributed by atoms with Gasteiger partial charge in [0.15, 0.2) is 11.5 Å². The highest BCUT2D eigenvalue weighted by atomic mass is 19.3. The minimum absolute atomic E-state index is 0.0286. The number of nitrogens with zero attached hydrogens (tertiary/aromatic N) is 1. The molecular weight excluding hydrogens is 385 g/mol. The Balaban J connectivity index is 1.93. The predicted octanol–water partition coefficient (Wildman–Crippen LogP) is 4.14. The van der Waals surface area contributed by atoms with Crippen molar-refractivity contribution in [3.05, 3.63) is 59.4 Å². The van der Waals surface area contributed by atoms with Crippen LogP contribution in [0, 0.1) is 5.82 Å². The molecule has 0 bridgehead atoms. The van der Waals surface area contributed by atoms with Gasteiger partial charge in [-0.2, -0.15) is 8.78 Å². The minimum Gasteiger partial charge on any atom is -0.490 e. The molecule has 0 spiro atoms. The van der Waals surface area contributed by atoms with Crippen molar-refractivity contribution in [1.29, 1.82) is 0 Å². The van der Waals surface area contributed by atoms with Crippen molar-refractivity contribution < 1.29 is 27.4 Å². The predicted molar refractivity (Wildman–Crippen MR) is 104 cm³/mol. The SMILES string of the molecule is CCOc1cc(CN(C)CC(=O)NC(C)c2ccc(F)cc2)ccc1OC(F)F. The molecule has 29 heavy (non-hydrogen) atoms. The van der Waals surface area contributed by atoms with Gasteiger partial charge in [-0.15, -0.1) is 0 Å². The number of halogens is 3. The maximum atomic E-state index is 13.0. The van der Waals surface area contributed by atoms with Gasteiger partial charge in [0.1, 0.15) is 5.82 Å². The van der Waals surface area contributed by atoms with E-state index in [0.29, 0.717) is 13.2 Å². The van der Waals surface area contributed by atoms with Gasteiger partial charge in [0.2, 0.25) is 5.91 Å². The molecule has 1 N–H and O–H groups in total. The molecule has 1 amide bonds. The quantitative estimate of drug-likeness (QED) is 0.640. The van der Waals surface area contributed by atoms with Crippen LogP contribution in [0.5, 0.6) is 11.5 Å². The highest BCUT2D eigenvalue weighted by Crippen LogP contribution is 2.30. The Hall–Kier alpha value is -2.74. The molecule has 2 rings (SSSR count). The lowest BCUT2D eigenvalue weighted by atomic mass is 10.1. The molecule has 2 aromatic carbocycles. The second kappa shape index (κ2) is 10.7. The number of carbonyl (C=O) groups excluding carboxylic acids is 1. The summed E-state index contributed by atoms with van der Waals surface area (Å²) in [5, 5.41) is 2.86. The van der Waals surface area contributed by atoms with Crippen LogP contribution in [0.25, 0.3) is 0 Å². The molecule has 1 atom stereocenters. The van der Waals surface area contributed by atoms with Crippen LogP contribution in [-0.2, 0) is 11.3 Å². The van der Waals surface area contributed by atoms with Crippen LogP contribution in [-0.4, -0.2) is 37.6 Å². The molecular formula is C21H25F3N2O3. The first kappa shape index (κ1) is 22.5. The van der Waals surface area contributed by atoms with Crippen molar-refractivity contribution in [2.45, 2.75) is 33.0 Å². The minimum atomic E-state index is -2.94. The first-order valence-corrected chi connectivity index (χ1v) is 9.22. The zero-order valence-electron chi connectivity index (χ0n) is 16.6. The van der Waals surface area contributed by atoms with Gasteiger partial charge in [-0.3, -0.25) is 9.69 Å². The number of rotatable bonds is 10. The molecule has 0 saturated heterocycles. The molecule has 2 aromatic rings. The van der Waals surface area contributed by atoms with E-state index >= 15 is 0 Å². The van der Waals surface area contributed by atoms with Crippen molar-refractivity contribution in [2.75, 3.05) is 20.2 Å². The molecule has 158 valence electrons. The maximum absolute atomic E-state index is 13.0. The van der Waals surface area contributed by atoms with Crippen LogP contribution in [0.2, 0.25) is 0 Å². The second-order valence-electron chi connectivity index (χ2n) is 6.61. The summed E-state index contributed by atoms with van der Waals surface area (Å²) >= 11 is 0. The van der Waals surface area contributed by atoms with Gasteiger partial charge in [0.05, 0.1) is 19.2 Å². The van der Waals surface area contributed by atoms with Crippen molar-refractivity contribution in [1.82, 2.24) is 10.2 Å². The Labute approximate surface area is 168 Å². The lowest BCUT2D eigenvalue weighted by Crippen LogP contribution is -2.36. The zero-order valence-corrected chi connectivity index (χ0v) is 16.6. The van der Waals surface area contributed by atoms with E-state index in [-0.39, 0.29) is 35.8 Å². The second-order valence-corrected chi connectivity index (χ2v) is 6.61. The number of likely N-dealkylation sites (N-methyl/N-ethyl adjacent to an activating group) is 1. The smallest absolute Gasteiger partial charge is 0.387 e. The average Bonchev–Trinajstić information content (AvgIpc) is 2.64. The summed E-state index contributed by atoms with van der Waals surface area (Å²) in [6.07, 6.45) is 0. The van der Waals surface area contributed by atoms with Crippen molar-refractivity contribution in [3.63, 3.8) is 0 Å². The van der Waals surface area contributed by atoms with E-state index in [1.807, 2.05) is 6.92 Å². The molecule has 8 heteroatoms. The first-order chi connectivity index (χ1) is 13.8. The van der Waals surface area contributed by atoms with Crippen LogP contribution in [0.1, 0.15) is 31.0 Å². The molecule has 0 aliphatic carbocycles. The molecule has 0 aromatic heterocycles. The van der Waals surface area contributed by atoms with Gasteiger partial charge in [-0.25, -0.2) is 4.39 Å². The Morgan fingerprint density at radius 1 is 1.14 bits per heavy atom. The fourth-order valence-electron chi connectivity index (χ4n) is 2.85. The average molecular weight is 410 g/mol. The normalized spacial score (nSPS) is 12.1. The third-order valence-corrected chi connectivity index (χ3v) is 4.14. The molecule has 0 radical (unpaired) electrons. The topological polar surface area (TPSA) is 50.8 Å². The Morgan fingerprint density at radius 2 is 1.83 bits per heavy atom. The summed E-state index contributed by atoms with van der Waals surface area (Å²) in [4.78, 5) is 14.1. The van der Waals surface area contributed by atoms with Crippen LogP contribution in [0.15, 0.2) is 42.5 Å². The van der Waals surface area contributed by atoms with E-state index < -0.39 is 6.61 Å². The van der Waals surface area contributed by atoms with Gasteiger partial charge >= 0.3 is 6.61 Å². The van der Waals surface area contributed by atoms with Crippen molar-refractivity contribution >= 4 is 5.91 Å². The van der Waals surface area contributed by atoms with Gasteiger partial charge in [-0.05, 0) is 56.3 Å². The van der Waals surface area contributed by atoms with Crippen molar-refractivity contribution in [2.24, 2.45) is 0 Å². The van der Waals surface area contributed by atoms with E-state index in [1.54, 1.807) is 43.1 Å². The highest BCUT2D eigenvalue weighted by molar-refractivity contribution is 5.78. The van der Waals surface area contributed by atoms with Crippen LogP contribution in [0.4, 0.5) is 13.2 Å². The molecule has 1 unspecified atom stereocenters. The molecule has 0 heterocycles. The maximum Gasteiger partial charge on any atom is 0.387 e. The van der Waals surface area contributed by atoms with Gasteiger partial charge in [0.25, 0.3) is 0 Å². The third-order valence-electron chi connectivity index (χ3n) is 4.14. The van der Waals surface area contributed by atoms with Gasteiger partial charge in [0, 0.05) is 6.54 Å². The Bertz CT molecular complexity index is 800. The van der Waals surface area contributed by atoms with E-state index in [9.17, 15) is 18.0 Å². The van der Waals surface area contributed by atoms with Crippen LogP contribution in [0.3, 0.4) is 0 Å². The monoisotopic (exact) mass is 410 g/mol. The van der Waals surface area contributed by atoms with E-state index in [2.05, 4.69) is 10.1 Å². The molecule has 5 nitrogen and oxygen atoms in total. The fourth-order valence-corrected chi connectivity index (χ4v) is 2.85. The number of nitrogens with one attached hydrogen (secondary N) is 1. The van der Waals surface area contributed by atoms with E-state index in [1.165, 1.54) is 18.2 Å². The van der Waals surface area contributed by atoms with Crippen LogP contribution < -0.4 is 14.8 Å². The Kier molecular flexibility index (Phi) is 8.33. The largest absolute Gasteiger partial charge is 0.490 e. The lowest BCUT2D eigenvalue weighted by molar-refractivity contribution is -0.122. The number of hydrogen-bond acceptors (Lipinski definition) is 4. The number of benzene rings is 2.